The van der Waals surface area contributed by atoms with E-state index in [-0.39, 0.29) is 18.1 Å². The van der Waals surface area contributed by atoms with Crippen LogP contribution in [0.25, 0.3) is 0 Å². The Morgan fingerprint density at radius 3 is 2.19 bits per heavy atom. The molecule has 1 rings (SSSR count). The third kappa shape index (κ3) is 4.84. The quantitative estimate of drug-likeness (QED) is 0.749. The van der Waals surface area contributed by atoms with E-state index in [1.54, 1.807) is 6.92 Å². The van der Waals surface area contributed by atoms with Gasteiger partial charge in [0.15, 0.2) is 5.69 Å². The van der Waals surface area contributed by atoms with Crippen LogP contribution < -0.4 is 0 Å². The van der Waals surface area contributed by atoms with Crippen LogP contribution in [0.4, 0.5) is 0 Å². The van der Waals surface area contributed by atoms with E-state index < -0.39 is 5.97 Å². The normalized spacial score (nSPS) is 10.6. The molecule has 0 aliphatic heterocycles. The number of hydrogen-bond donors (Lipinski definition) is 1. The molecular weight excluding hydrogens is 272 g/mol. The fraction of sp³-hybridized carbons (Fsp3) is 0.714. The molecule has 0 aliphatic carbocycles. The van der Waals surface area contributed by atoms with E-state index in [1.165, 1.54) is 4.68 Å². The molecule has 7 heteroatoms. The molecule has 0 saturated heterocycles. The summed E-state index contributed by atoms with van der Waals surface area (Å²) in [5, 5.41) is 16.3. The van der Waals surface area contributed by atoms with Crippen LogP contribution in [0.5, 0.6) is 0 Å². The Hall–Kier alpha value is -1.92. The van der Waals surface area contributed by atoms with Crippen molar-refractivity contribution in [1.29, 1.82) is 0 Å². The lowest BCUT2D eigenvalue weighted by Gasteiger charge is -2.22. The number of carbonyl (C=O) groups excluding carboxylic acids is 1. The number of carboxylic acids is 1. The lowest BCUT2D eigenvalue weighted by Crippen LogP contribution is -2.36. The Morgan fingerprint density at radius 2 is 1.76 bits per heavy atom. The van der Waals surface area contributed by atoms with Crippen molar-refractivity contribution in [2.75, 3.05) is 13.1 Å². The van der Waals surface area contributed by atoms with Gasteiger partial charge in [0.05, 0.1) is 5.69 Å². The zero-order valence-electron chi connectivity index (χ0n) is 13.0. The molecule has 1 amide bonds. The van der Waals surface area contributed by atoms with Crippen LogP contribution in [0.2, 0.25) is 0 Å². The molecule has 118 valence electrons. The minimum atomic E-state index is -1.12. The van der Waals surface area contributed by atoms with Crippen molar-refractivity contribution in [2.45, 2.75) is 53.0 Å². The summed E-state index contributed by atoms with van der Waals surface area (Å²) < 4.78 is 1.36. The number of carboxylic acid groups (broad SMARTS) is 1. The van der Waals surface area contributed by atoms with Crippen LogP contribution in [0.3, 0.4) is 0 Å². The molecule has 1 heterocycles. The third-order valence-electron chi connectivity index (χ3n) is 3.39. The fourth-order valence-corrected chi connectivity index (χ4v) is 2.00. The Balaban J connectivity index is 2.73. The first-order valence-corrected chi connectivity index (χ1v) is 7.42. The monoisotopic (exact) mass is 296 g/mol. The van der Waals surface area contributed by atoms with Crippen LogP contribution in [0, 0.1) is 6.92 Å². The van der Waals surface area contributed by atoms with Gasteiger partial charge in [0.2, 0.25) is 5.91 Å². The van der Waals surface area contributed by atoms with Crippen molar-refractivity contribution < 1.29 is 14.7 Å². The minimum Gasteiger partial charge on any atom is -0.476 e. The van der Waals surface area contributed by atoms with Gasteiger partial charge in [-0.05, 0) is 19.8 Å². The standard InChI is InChI=1S/C14H24N4O3/c1-4-6-8-17(9-7-5-2)12(19)10-18-11(3)13(14(20)21)15-16-18/h4-10H2,1-3H3,(H,20,21). The maximum atomic E-state index is 12.3. The zero-order valence-corrected chi connectivity index (χ0v) is 13.0. The molecule has 0 fully saturated rings. The van der Waals surface area contributed by atoms with E-state index >= 15 is 0 Å². The number of amides is 1. The first-order valence-electron chi connectivity index (χ1n) is 7.42. The first-order chi connectivity index (χ1) is 10.0. The summed E-state index contributed by atoms with van der Waals surface area (Å²) in [7, 11) is 0. The lowest BCUT2D eigenvalue weighted by atomic mass is 10.2. The lowest BCUT2D eigenvalue weighted by molar-refractivity contribution is -0.132. The van der Waals surface area contributed by atoms with Crippen molar-refractivity contribution in [3.63, 3.8) is 0 Å². The SMILES string of the molecule is CCCCN(CCCC)C(=O)Cn1nnc(C(=O)O)c1C. The van der Waals surface area contributed by atoms with Gasteiger partial charge in [-0.3, -0.25) is 4.79 Å². The highest BCUT2D eigenvalue weighted by atomic mass is 16.4. The number of unbranched alkanes of at least 4 members (excludes halogenated alkanes) is 2. The molecule has 0 aromatic carbocycles. The number of rotatable bonds is 9. The number of aromatic carboxylic acids is 1. The molecule has 0 radical (unpaired) electrons. The second kappa shape index (κ2) is 8.39. The van der Waals surface area contributed by atoms with Gasteiger partial charge in [-0.15, -0.1) is 5.10 Å². The molecule has 1 aromatic heterocycles. The predicted octanol–water partition coefficient (Wildman–Crippen LogP) is 1.71. The molecule has 0 bridgehead atoms. The number of carbonyl (C=O) groups is 2. The van der Waals surface area contributed by atoms with Gasteiger partial charge in [-0.1, -0.05) is 31.9 Å². The van der Waals surface area contributed by atoms with Crippen LogP contribution in [0.15, 0.2) is 0 Å². The molecule has 21 heavy (non-hydrogen) atoms. The Kier molecular flexibility index (Phi) is 6.84. The molecule has 1 N–H and O–H groups in total. The van der Waals surface area contributed by atoms with Gasteiger partial charge in [0.25, 0.3) is 0 Å². The fourth-order valence-electron chi connectivity index (χ4n) is 2.00. The number of nitrogens with zero attached hydrogens (tertiary/aromatic N) is 4. The van der Waals surface area contributed by atoms with Crippen molar-refractivity contribution >= 4 is 11.9 Å². The van der Waals surface area contributed by atoms with Gasteiger partial charge in [0, 0.05) is 13.1 Å². The highest BCUT2D eigenvalue weighted by molar-refractivity contribution is 5.86. The molecule has 0 saturated carbocycles. The molecule has 0 atom stereocenters. The number of aromatic nitrogens is 3. The van der Waals surface area contributed by atoms with E-state index in [9.17, 15) is 9.59 Å². The summed E-state index contributed by atoms with van der Waals surface area (Å²) in [5.74, 6) is -1.16. The minimum absolute atomic E-state index is 0.0400. The summed E-state index contributed by atoms with van der Waals surface area (Å²) in [6.07, 6.45) is 3.99. The zero-order chi connectivity index (χ0) is 15.8. The Bertz CT molecular complexity index is 477. The topological polar surface area (TPSA) is 88.3 Å². The number of hydrogen-bond acceptors (Lipinski definition) is 4. The van der Waals surface area contributed by atoms with Crippen LogP contribution in [-0.4, -0.2) is 50.0 Å². The summed E-state index contributed by atoms with van der Waals surface area (Å²) in [4.78, 5) is 25.1. The second-order valence-electron chi connectivity index (χ2n) is 5.07. The van der Waals surface area contributed by atoms with E-state index in [1.807, 2.05) is 4.90 Å². The van der Waals surface area contributed by atoms with E-state index in [4.69, 9.17) is 5.11 Å². The van der Waals surface area contributed by atoms with Gasteiger partial charge in [-0.2, -0.15) is 0 Å². The Labute approximate surface area is 124 Å². The maximum absolute atomic E-state index is 12.3. The van der Waals surface area contributed by atoms with Crippen molar-refractivity contribution in [3.8, 4) is 0 Å². The smallest absolute Gasteiger partial charge is 0.358 e. The molecule has 0 spiro atoms. The van der Waals surface area contributed by atoms with Gasteiger partial charge < -0.3 is 10.0 Å². The molecule has 1 aromatic rings. The third-order valence-corrected chi connectivity index (χ3v) is 3.39. The molecule has 0 unspecified atom stereocenters. The van der Waals surface area contributed by atoms with Gasteiger partial charge in [-0.25, -0.2) is 9.48 Å². The van der Waals surface area contributed by atoms with Crippen molar-refractivity contribution in [3.05, 3.63) is 11.4 Å². The molecular formula is C14H24N4O3. The van der Waals surface area contributed by atoms with E-state index in [0.29, 0.717) is 5.69 Å². The van der Waals surface area contributed by atoms with Crippen LogP contribution in [0.1, 0.15) is 55.7 Å². The Morgan fingerprint density at radius 1 is 1.19 bits per heavy atom. The summed E-state index contributed by atoms with van der Waals surface area (Å²) in [6.45, 7) is 7.29. The van der Waals surface area contributed by atoms with Gasteiger partial charge >= 0.3 is 5.97 Å². The summed E-state index contributed by atoms with van der Waals surface area (Å²) in [6, 6.07) is 0. The maximum Gasteiger partial charge on any atom is 0.358 e. The molecule has 0 aliphatic rings. The van der Waals surface area contributed by atoms with Gasteiger partial charge in [0.1, 0.15) is 6.54 Å². The van der Waals surface area contributed by atoms with Crippen LogP contribution in [-0.2, 0) is 11.3 Å². The largest absolute Gasteiger partial charge is 0.476 e. The van der Waals surface area contributed by atoms with E-state index in [0.717, 1.165) is 38.8 Å². The average molecular weight is 296 g/mol. The van der Waals surface area contributed by atoms with Crippen LogP contribution >= 0.6 is 0 Å². The highest BCUT2D eigenvalue weighted by Gasteiger charge is 2.19. The van der Waals surface area contributed by atoms with Crippen molar-refractivity contribution in [2.24, 2.45) is 0 Å². The highest BCUT2D eigenvalue weighted by Crippen LogP contribution is 2.06. The van der Waals surface area contributed by atoms with E-state index in [2.05, 4.69) is 24.2 Å². The average Bonchev–Trinajstić information content (AvgIpc) is 2.80. The molecule has 7 nitrogen and oxygen atoms in total. The summed E-state index contributed by atoms with van der Waals surface area (Å²) >= 11 is 0. The second-order valence-corrected chi connectivity index (χ2v) is 5.07. The summed E-state index contributed by atoms with van der Waals surface area (Å²) in [5.41, 5.74) is 0.304. The predicted molar refractivity (Wildman–Crippen MR) is 78.1 cm³/mol. The first kappa shape index (κ1) is 17.1. The van der Waals surface area contributed by atoms with Crippen molar-refractivity contribution in [1.82, 2.24) is 19.9 Å².